The minimum atomic E-state index is -0.191. The molecular weight excluding hydrogens is 230 g/mol. The van der Waals surface area contributed by atoms with Crippen molar-refractivity contribution in [3.05, 3.63) is 30.1 Å². The number of aromatic nitrogens is 1. The topological polar surface area (TPSA) is 54.5 Å². The molecule has 0 bridgehead atoms. The van der Waals surface area contributed by atoms with Gasteiger partial charge in [-0.2, -0.15) is 0 Å². The van der Waals surface area contributed by atoms with Crippen LogP contribution in [0.5, 0.6) is 0 Å². The molecule has 2 heterocycles. The molecule has 1 saturated heterocycles. The minimum Gasteiger partial charge on any atom is -0.460 e. The van der Waals surface area contributed by atoms with E-state index in [4.69, 9.17) is 4.74 Å². The van der Waals surface area contributed by atoms with Crippen LogP contribution in [0.25, 0.3) is 0 Å². The molecule has 0 aliphatic carbocycles. The summed E-state index contributed by atoms with van der Waals surface area (Å²) in [5, 5.41) is 3.37. The third kappa shape index (κ3) is 4.09. The van der Waals surface area contributed by atoms with Gasteiger partial charge in [0.25, 0.3) is 0 Å². The standard InChI is InChI=1S/C13H19N3O2/c1-11(17)18-13-8-16(9-13)10-15-6-4-12-3-2-5-14-7-12/h2-3,5,7,13,15H,4,6,8-10H2,1H3. The van der Waals surface area contributed by atoms with Crippen LogP contribution < -0.4 is 5.32 Å². The SMILES string of the molecule is CC(=O)OC1CN(CNCCc2cccnc2)C1. The molecule has 0 atom stereocenters. The van der Waals surface area contributed by atoms with Crippen LogP contribution in [0, 0.1) is 0 Å². The second-order valence-electron chi connectivity index (χ2n) is 4.54. The Morgan fingerprint density at radius 2 is 2.44 bits per heavy atom. The fourth-order valence-electron chi connectivity index (χ4n) is 1.98. The number of esters is 1. The molecule has 0 radical (unpaired) electrons. The van der Waals surface area contributed by atoms with Gasteiger partial charge < -0.3 is 10.1 Å². The summed E-state index contributed by atoms with van der Waals surface area (Å²) in [6, 6.07) is 4.03. The summed E-state index contributed by atoms with van der Waals surface area (Å²) in [6.07, 6.45) is 4.74. The minimum absolute atomic E-state index is 0.0858. The Bertz CT molecular complexity index is 377. The van der Waals surface area contributed by atoms with Gasteiger partial charge in [0.2, 0.25) is 0 Å². The van der Waals surface area contributed by atoms with Crippen LogP contribution in [-0.4, -0.2) is 48.3 Å². The Kier molecular flexibility index (Phi) is 4.66. The van der Waals surface area contributed by atoms with Crippen molar-refractivity contribution in [1.82, 2.24) is 15.2 Å². The highest BCUT2D eigenvalue weighted by Gasteiger charge is 2.28. The first-order valence-corrected chi connectivity index (χ1v) is 6.23. The van der Waals surface area contributed by atoms with Gasteiger partial charge in [0.1, 0.15) is 6.10 Å². The van der Waals surface area contributed by atoms with Crippen molar-refractivity contribution >= 4 is 5.97 Å². The molecule has 0 aromatic carbocycles. The lowest BCUT2D eigenvalue weighted by Crippen LogP contribution is -2.55. The van der Waals surface area contributed by atoms with E-state index in [0.29, 0.717) is 0 Å². The van der Waals surface area contributed by atoms with Crippen molar-refractivity contribution in [2.24, 2.45) is 0 Å². The average molecular weight is 249 g/mol. The number of pyridine rings is 1. The third-order valence-corrected chi connectivity index (χ3v) is 2.90. The van der Waals surface area contributed by atoms with E-state index >= 15 is 0 Å². The lowest BCUT2D eigenvalue weighted by atomic mass is 10.2. The van der Waals surface area contributed by atoms with Crippen LogP contribution in [0.4, 0.5) is 0 Å². The van der Waals surface area contributed by atoms with E-state index < -0.39 is 0 Å². The van der Waals surface area contributed by atoms with Crippen molar-refractivity contribution < 1.29 is 9.53 Å². The number of nitrogens with one attached hydrogen (secondary N) is 1. The summed E-state index contributed by atoms with van der Waals surface area (Å²) in [4.78, 5) is 17.0. The van der Waals surface area contributed by atoms with Crippen LogP contribution in [0.3, 0.4) is 0 Å². The number of carbonyl (C=O) groups is 1. The average Bonchev–Trinajstić information content (AvgIpc) is 2.31. The van der Waals surface area contributed by atoms with E-state index in [0.717, 1.165) is 32.7 Å². The van der Waals surface area contributed by atoms with E-state index in [1.807, 2.05) is 12.3 Å². The summed E-state index contributed by atoms with van der Waals surface area (Å²) >= 11 is 0. The van der Waals surface area contributed by atoms with Crippen molar-refractivity contribution in [3.8, 4) is 0 Å². The molecule has 5 heteroatoms. The van der Waals surface area contributed by atoms with Gasteiger partial charge in [-0.3, -0.25) is 14.7 Å². The lowest BCUT2D eigenvalue weighted by molar-refractivity contribution is -0.154. The van der Waals surface area contributed by atoms with E-state index in [2.05, 4.69) is 21.3 Å². The molecular formula is C13H19N3O2. The summed E-state index contributed by atoms with van der Waals surface area (Å²) < 4.78 is 5.08. The number of carbonyl (C=O) groups excluding carboxylic acids is 1. The Morgan fingerprint density at radius 3 is 3.11 bits per heavy atom. The first-order valence-electron chi connectivity index (χ1n) is 6.23. The Hall–Kier alpha value is -1.46. The van der Waals surface area contributed by atoms with Gasteiger partial charge >= 0.3 is 5.97 Å². The quantitative estimate of drug-likeness (QED) is 0.585. The third-order valence-electron chi connectivity index (χ3n) is 2.90. The molecule has 1 aliphatic rings. The Morgan fingerprint density at radius 1 is 1.61 bits per heavy atom. The molecule has 0 unspecified atom stereocenters. The van der Waals surface area contributed by atoms with Crippen molar-refractivity contribution in [2.75, 3.05) is 26.3 Å². The second-order valence-corrected chi connectivity index (χ2v) is 4.54. The van der Waals surface area contributed by atoms with Gasteiger partial charge in [-0.1, -0.05) is 6.07 Å². The zero-order chi connectivity index (χ0) is 12.8. The number of likely N-dealkylation sites (tertiary alicyclic amines) is 1. The molecule has 1 aromatic rings. The van der Waals surface area contributed by atoms with E-state index in [-0.39, 0.29) is 12.1 Å². The first kappa shape index (κ1) is 13.0. The molecule has 2 rings (SSSR count). The second kappa shape index (κ2) is 6.47. The van der Waals surface area contributed by atoms with E-state index in [1.54, 1.807) is 6.20 Å². The lowest BCUT2D eigenvalue weighted by Gasteiger charge is -2.38. The molecule has 1 fully saturated rings. The number of nitrogens with zero attached hydrogens (tertiary/aromatic N) is 2. The predicted molar refractivity (Wildman–Crippen MR) is 67.9 cm³/mol. The van der Waals surface area contributed by atoms with Crippen LogP contribution >= 0.6 is 0 Å². The number of hydrogen-bond donors (Lipinski definition) is 1. The summed E-state index contributed by atoms with van der Waals surface area (Å²) in [5.41, 5.74) is 1.24. The maximum Gasteiger partial charge on any atom is 0.302 e. The molecule has 1 aromatic heterocycles. The zero-order valence-corrected chi connectivity index (χ0v) is 10.6. The fourth-order valence-corrected chi connectivity index (χ4v) is 1.98. The molecule has 5 nitrogen and oxygen atoms in total. The number of rotatable bonds is 6. The zero-order valence-electron chi connectivity index (χ0n) is 10.6. The van der Waals surface area contributed by atoms with Gasteiger partial charge in [0.05, 0.1) is 0 Å². The highest BCUT2D eigenvalue weighted by molar-refractivity contribution is 5.66. The van der Waals surface area contributed by atoms with E-state index in [9.17, 15) is 4.79 Å². The van der Waals surface area contributed by atoms with Crippen LogP contribution in [0.2, 0.25) is 0 Å². The monoisotopic (exact) mass is 249 g/mol. The maximum atomic E-state index is 10.7. The van der Waals surface area contributed by atoms with Gasteiger partial charge in [-0.15, -0.1) is 0 Å². The fraction of sp³-hybridized carbons (Fsp3) is 0.538. The van der Waals surface area contributed by atoms with Crippen molar-refractivity contribution in [3.63, 3.8) is 0 Å². The Balaban J connectivity index is 1.52. The molecule has 0 amide bonds. The smallest absolute Gasteiger partial charge is 0.302 e. The summed E-state index contributed by atoms with van der Waals surface area (Å²) in [7, 11) is 0. The Labute approximate surface area is 107 Å². The van der Waals surface area contributed by atoms with Gasteiger partial charge in [0.15, 0.2) is 0 Å². The molecule has 1 aliphatic heterocycles. The summed E-state index contributed by atoms with van der Waals surface area (Å²) in [6.45, 7) is 4.90. The molecule has 1 N–H and O–H groups in total. The van der Waals surface area contributed by atoms with Crippen molar-refractivity contribution in [2.45, 2.75) is 19.4 Å². The number of hydrogen-bond acceptors (Lipinski definition) is 5. The van der Waals surface area contributed by atoms with Crippen molar-refractivity contribution in [1.29, 1.82) is 0 Å². The highest BCUT2D eigenvalue weighted by Crippen LogP contribution is 2.10. The molecule has 98 valence electrons. The van der Waals surface area contributed by atoms with Crippen LogP contribution in [-0.2, 0) is 16.0 Å². The van der Waals surface area contributed by atoms with Gasteiger partial charge in [-0.05, 0) is 18.1 Å². The normalized spacial score (nSPS) is 16.3. The van der Waals surface area contributed by atoms with Gasteiger partial charge in [0, 0.05) is 45.6 Å². The predicted octanol–water partition coefficient (Wildman–Crippen LogP) is 0.418. The van der Waals surface area contributed by atoms with E-state index in [1.165, 1.54) is 12.5 Å². The first-order chi connectivity index (χ1) is 8.74. The van der Waals surface area contributed by atoms with Gasteiger partial charge in [-0.25, -0.2) is 0 Å². The molecule has 0 saturated carbocycles. The van der Waals surface area contributed by atoms with Crippen LogP contribution in [0.15, 0.2) is 24.5 Å². The molecule has 0 spiro atoms. The maximum absolute atomic E-state index is 10.7. The number of ether oxygens (including phenoxy) is 1. The summed E-state index contributed by atoms with van der Waals surface area (Å²) in [5.74, 6) is -0.191. The molecule has 18 heavy (non-hydrogen) atoms. The van der Waals surface area contributed by atoms with Crippen LogP contribution in [0.1, 0.15) is 12.5 Å². The largest absolute Gasteiger partial charge is 0.460 e. The highest BCUT2D eigenvalue weighted by atomic mass is 16.5.